The Morgan fingerprint density at radius 2 is 2.20 bits per heavy atom. The lowest BCUT2D eigenvalue weighted by atomic mass is 9.88. The quantitative estimate of drug-likeness (QED) is 0.673. The first-order valence-corrected chi connectivity index (χ1v) is 5.50. The Labute approximate surface area is 90.3 Å². The topological polar surface area (TPSA) is 58.3 Å². The maximum absolute atomic E-state index is 9.67. The molecule has 3 heteroatoms. The van der Waals surface area contributed by atoms with E-state index in [0.29, 0.717) is 11.7 Å². The van der Waals surface area contributed by atoms with Crippen molar-refractivity contribution >= 4 is 0 Å². The molecule has 4 N–H and O–H groups in total. The maximum atomic E-state index is 9.67. The molecule has 1 aliphatic rings. The third kappa shape index (κ3) is 2.49. The van der Waals surface area contributed by atoms with Gasteiger partial charge in [-0.25, -0.2) is 0 Å². The number of phenols is 1. The molecular formula is C12H18N2O. The van der Waals surface area contributed by atoms with Crippen molar-refractivity contribution in [2.24, 2.45) is 11.7 Å². The van der Waals surface area contributed by atoms with Crippen molar-refractivity contribution in [2.75, 3.05) is 13.1 Å². The molecule has 82 valence electrons. The fraction of sp³-hybridized carbons (Fsp3) is 0.500. The normalized spacial score (nSPS) is 26.5. The van der Waals surface area contributed by atoms with Gasteiger partial charge in [0.2, 0.25) is 0 Å². The molecule has 1 aromatic carbocycles. The van der Waals surface area contributed by atoms with Gasteiger partial charge in [0.05, 0.1) is 0 Å². The summed E-state index contributed by atoms with van der Waals surface area (Å²) in [6.07, 6.45) is 1.89. The molecule has 3 nitrogen and oxygen atoms in total. The number of phenolic OH excluding ortho intramolecular Hbond substituents is 1. The molecule has 1 saturated heterocycles. The van der Waals surface area contributed by atoms with Gasteiger partial charge in [0.25, 0.3) is 0 Å². The summed E-state index contributed by atoms with van der Waals surface area (Å²) in [6, 6.07) is 7.76. The van der Waals surface area contributed by atoms with Crippen LogP contribution in [0.3, 0.4) is 0 Å². The predicted octanol–water partition coefficient (Wildman–Crippen LogP) is 0.871. The van der Waals surface area contributed by atoms with Gasteiger partial charge in [-0.1, -0.05) is 18.2 Å². The van der Waals surface area contributed by atoms with Crippen molar-refractivity contribution < 1.29 is 5.11 Å². The van der Waals surface area contributed by atoms with E-state index in [1.54, 1.807) is 6.07 Å². The molecule has 0 saturated carbocycles. The summed E-state index contributed by atoms with van der Waals surface area (Å²) in [5.74, 6) is 0.822. The zero-order chi connectivity index (χ0) is 10.7. The van der Waals surface area contributed by atoms with Gasteiger partial charge in [0.15, 0.2) is 0 Å². The van der Waals surface area contributed by atoms with Gasteiger partial charge in [-0.2, -0.15) is 0 Å². The van der Waals surface area contributed by atoms with Crippen LogP contribution in [0, 0.1) is 5.92 Å². The van der Waals surface area contributed by atoms with Crippen LogP contribution >= 0.6 is 0 Å². The molecule has 15 heavy (non-hydrogen) atoms. The second-order valence-electron chi connectivity index (χ2n) is 4.25. The molecular weight excluding hydrogens is 188 g/mol. The fourth-order valence-corrected chi connectivity index (χ4v) is 2.13. The Morgan fingerprint density at radius 3 is 2.93 bits per heavy atom. The van der Waals surface area contributed by atoms with E-state index < -0.39 is 0 Å². The van der Waals surface area contributed by atoms with Gasteiger partial charge in [0, 0.05) is 6.04 Å². The zero-order valence-corrected chi connectivity index (χ0v) is 8.82. The molecule has 0 aromatic heterocycles. The van der Waals surface area contributed by atoms with E-state index in [4.69, 9.17) is 5.73 Å². The summed E-state index contributed by atoms with van der Waals surface area (Å²) < 4.78 is 0. The van der Waals surface area contributed by atoms with Gasteiger partial charge >= 0.3 is 0 Å². The van der Waals surface area contributed by atoms with E-state index in [-0.39, 0.29) is 6.04 Å². The summed E-state index contributed by atoms with van der Waals surface area (Å²) in [6.45, 7) is 1.97. The first-order valence-electron chi connectivity index (χ1n) is 5.50. The average Bonchev–Trinajstić information content (AvgIpc) is 2.24. The summed E-state index contributed by atoms with van der Waals surface area (Å²) in [7, 11) is 0. The second-order valence-corrected chi connectivity index (χ2v) is 4.25. The second kappa shape index (κ2) is 4.64. The fourth-order valence-electron chi connectivity index (χ4n) is 2.13. The number of nitrogens with one attached hydrogen (secondary N) is 1. The van der Waals surface area contributed by atoms with Crippen molar-refractivity contribution in [1.29, 1.82) is 0 Å². The van der Waals surface area contributed by atoms with Crippen LogP contribution in [0.1, 0.15) is 12.0 Å². The van der Waals surface area contributed by atoms with Crippen molar-refractivity contribution in [3.63, 3.8) is 0 Å². The van der Waals surface area contributed by atoms with E-state index in [9.17, 15) is 5.11 Å². The Bertz CT molecular complexity index is 327. The molecule has 2 atom stereocenters. The van der Waals surface area contributed by atoms with Crippen LogP contribution in [-0.4, -0.2) is 24.2 Å². The largest absolute Gasteiger partial charge is 0.508 e. The van der Waals surface area contributed by atoms with Crippen LogP contribution in [0.2, 0.25) is 0 Å². The highest BCUT2D eigenvalue weighted by Crippen LogP contribution is 2.22. The monoisotopic (exact) mass is 206 g/mol. The molecule has 1 aliphatic heterocycles. The van der Waals surface area contributed by atoms with Crippen LogP contribution in [-0.2, 0) is 6.42 Å². The predicted molar refractivity (Wildman–Crippen MR) is 60.8 cm³/mol. The first kappa shape index (κ1) is 10.5. The minimum Gasteiger partial charge on any atom is -0.508 e. The molecule has 1 fully saturated rings. The van der Waals surface area contributed by atoms with Crippen molar-refractivity contribution in [2.45, 2.75) is 18.9 Å². The van der Waals surface area contributed by atoms with Crippen molar-refractivity contribution in [3.8, 4) is 5.75 Å². The Balaban J connectivity index is 2.04. The maximum Gasteiger partial charge on any atom is 0.118 e. The van der Waals surface area contributed by atoms with Gasteiger partial charge in [-0.05, 0) is 43.5 Å². The van der Waals surface area contributed by atoms with Gasteiger partial charge in [0.1, 0.15) is 5.75 Å². The molecule has 0 spiro atoms. The van der Waals surface area contributed by atoms with E-state index in [1.807, 2.05) is 18.2 Å². The Morgan fingerprint density at radius 1 is 1.40 bits per heavy atom. The number of rotatable bonds is 2. The van der Waals surface area contributed by atoms with Crippen LogP contribution in [0.25, 0.3) is 0 Å². The molecule has 1 heterocycles. The smallest absolute Gasteiger partial charge is 0.118 e. The number of aromatic hydroxyl groups is 1. The molecule has 1 aromatic rings. The Kier molecular flexibility index (Phi) is 3.23. The summed E-state index contributed by atoms with van der Waals surface area (Å²) in [5, 5.41) is 13.0. The molecule has 2 rings (SSSR count). The highest BCUT2D eigenvalue weighted by molar-refractivity contribution is 5.32. The van der Waals surface area contributed by atoms with Gasteiger partial charge in [-0.3, -0.25) is 0 Å². The minimum absolute atomic E-state index is 0.255. The summed E-state index contributed by atoms with van der Waals surface area (Å²) >= 11 is 0. The lowest BCUT2D eigenvalue weighted by Crippen LogP contribution is -2.45. The van der Waals surface area contributed by atoms with Gasteiger partial charge in [-0.15, -0.1) is 0 Å². The summed E-state index contributed by atoms with van der Waals surface area (Å²) in [5.41, 5.74) is 7.06. The lowest BCUT2D eigenvalue weighted by Gasteiger charge is -2.29. The first-order chi connectivity index (χ1) is 7.27. The number of hydrogen-bond acceptors (Lipinski definition) is 3. The zero-order valence-electron chi connectivity index (χ0n) is 8.82. The third-order valence-corrected chi connectivity index (χ3v) is 3.14. The number of para-hydroxylation sites is 1. The number of hydrogen-bond donors (Lipinski definition) is 3. The van der Waals surface area contributed by atoms with E-state index in [2.05, 4.69) is 5.32 Å². The molecule has 0 aliphatic carbocycles. The molecule has 0 amide bonds. The Hall–Kier alpha value is -1.06. The van der Waals surface area contributed by atoms with Gasteiger partial charge < -0.3 is 16.2 Å². The highest BCUT2D eigenvalue weighted by Gasteiger charge is 2.22. The van der Waals surface area contributed by atoms with Crippen LogP contribution in [0.4, 0.5) is 0 Å². The summed E-state index contributed by atoms with van der Waals surface area (Å²) in [4.78, 5) is 0. The van der Waals surface area contributed by atoms with Crippen molar-refractivity contribution in [1.82, 2.24) is 5.32 Å². The van der Waals surface area contributed by atoms with Crippen LogP contribution < -0.4 is 11.1 Å². The minimum atomic E-state index is 0.255. The number of benzene rings is 1. The molecule has 2 unspecified atom stereocenters. The number of nitrogens with two attached hydrogens (primary N) is 1. The van der Waals surface area contributed by atoms with Crippen LogP contribution in [0.5, 0.6) is 5.75 Å². The van der Waals surface area contributed by atoms with E-state index in [1.165, 1.54) is 0 Å². The lowest BCUT2D eigenvalue weighted by molar-refractivity contribution is 0.321. The SMILES string of the molecule is NC1CCNCC1Cc1ccccc1O. The van der Waals surface area contributed by atoms with E-state index in [0.717, 1.165) is 31.5 Å². The molecule has 0 radical (unpaired) electrons. The van der Waals surface area contributed by atoms with Crippen LogP contribution in [0.15, 0.2) is 24.3 Å². The third-order valence-electron chi connectivity index (χ3n) is 3.14. The highest BCUT2D eigenvalue weighted by atomic mass is 16.3. The van der Waals surface area contributed by atoms with E-state index >= 15 is 0 Å². The van der Waals surface area contributed by atoms with Crippen molar-refractivity contribution in [3.05, 3.63) is 29.8 Å². The number of piperidine rings is 1. The average molecular weight is 206 g/mol. The molecule has 0 bridgehead atoms. The standard InChI is InChI=1S/C12H18N2O/c13-11-5-6-14-8-10(11)7-9-3-1-2-4-12(9)15/h1-4,10-11,14-15H,5-8,13H2.